The molecule has 1 nitrogen and oxygen atoms in total. The molecule has 1 rings (SSSR count). The van der Waals surface area contributed by atoms with E-state index in [4.69, 9.17) is 0 Å². The fourth-order valence-electron chi connectivity index (χ4n) is 6.38. The third kappa shape index (κ3) is 17.7. The van der Waals surface area contributed by atoms with Crippen molar-refractivity contribution in [2.24, 2.45) is 0 Å². The van der Waals surface area contributed by atoms with Gasteiger partial charge in [0.25, 0.3) is 0 Å². The number of rotatable bonds is 28. The van der Waals surface area contributed by atoms with E-state index in [2.05, 4.69) is 46.8 Å². The van der Waals surface area contributed by atoms with Crippen LogP contribution in [0.2, 0.25) is 0 Å². The summed E-state index contributed by atoms with van der Waals surface area (Å²) >= 11 is 0. The lowest BCUT2D eigenvalue weighted by atomic mass is 9.85. The average Bonchev–Trinajstić information content (AvgIpc) is 2.95. The smallest absolute Gasteiger partial charge is 0.185 e. The SMILES string of the molecule is CCCCCCCCCCC(C)c1cc(CCCCCCCCC)cc(C(C)CCCCCCCCCC)c1[O]. The van der Waals surface area contributed by atoms with Crippen molar-refractivity contribution < 1.29 is 5.11 Å². The Morgan fingerprint density at radius 3 is 1.10 bits per heavy atom. The highest BCUT2D eigenvalue weighted by molar-refractivity contribution is 5.47. The molecule has 0 bridgehead atoms. The topological polar surface area (TPSA) is 19.9 Å². The summed E-state index contributed by atoms with van der Waals surface area (Å²) in [5, 5.41) is 13.8. The zero-order chi connectivity index (χ0) is 29.3. The highest BCUT2D eigenvalue weighted by Gasteiger charge is 2.20. The minimum atomic E-state index is 0.377. The molecule has 1 heteroatoms. The Bertz CT molecular complexity index is 645. The van der Waals surface area contributed by atoms with E-state index >= 15 is 0 Å². The van der Waals surface area contributed by atoms with Gasteiger partial charge in [0.2, 0.25) is 0 Å². The summed E-state index contributed by atoms with van der Waals surface area (Å²) in [6.07, 6.45) is 34.6. The van der Waals surface area contributed by atoms with Crippen molar-refractivity contribution in [3.63, 3.8) is 0 Å². The maximum absolute atomic E-state index is 13.8. The van der Waals surface area contributed by atoms with E-state index in [-0.39, 0.29) is 0 Å². The van der Waals surface area contributed by atoms with Gasteiger partial charge in [-0.25, -0.2) is 0 Å². The van der Waals surface area contributed by atoms with Crippen molar-refractivity contribution >= 4 is 0 Å². The fourth-order valence-corrected chi connectivity index (χ4v) is 6.38. The molecular formula is C39H71O. The second-order valence-corrected chi connectivity index (χ2v) is 13.3. The largest absolute Gasteiger partial charge is 0.289 e. The van der Waals surface area contributed by atoms with Gasteiger partial charge in [-0.1, -0.05) is 188 Å². The van der Waals surface area contributed by atoms with Gasteiger partial charge in [0.05, 0.1) is 0 Å². The van der Waals surface area contributed by atoms with Gasteiger partial charge < -0.3 is 0 Å². The van der Waals surface area contributed by atoms with Crippen LogP contribution < -0.4 is 0 Å². The Morgan fingerprint density at radius 1 is 0.450 bits per heavy atom. The zero-order valence-corrected chi connectivity index (χ0v) is 28.1. The minimum Gasteiger partial charge on any atom is -0.289 e. The van der Waals surface area contributed by atoms with E-state index in [1.807, 2.05) is 0 Å². The first-order valence-corrected chi connectivity index (χ1v) is 18.4. The molecule has 0 aliphatic heterocycles. The van der Waals surface area contributed by atoms with Gasteiger partial charge >= 0.3 is 0 Å². The van der Waals surface area contributed by atoms with Crippen molar-refractivity contribution in [2.75, 3.05) is 0 Å². The summed E-state index contributed by atoms with van der Waals surface area (Å²) in [6.45, 7) is 11.5. The Kier molecular flexibility index (Phi) is 23.8. The number of unbranched alkanes of at least 4 members (excludes halogenated alkanes) is 20. The molecule has 0 aliphatic rings. The highest BCUT2D eigenvalue weighted by atomic mass is 16.3. The van der Waals surface area contributed by atoms with Gasteiger partial charge in [0.15, 0.2) is 5.75 Å². The number of aryl methyl sites for hydroxylation is 1. The quantitative estimate of drug-likeness (QED) is 0.0916. The van der Waals surface area contributed by atoms with Crippen LogP contribution in [0.3, 0.4) is 0 Å². The molecule has 0 aliphatic carbocycles. The third-order valence-electron chi connectivity index (χ3n) is 9.32. The fraction of sp³-hybridized carbons (Fsp3) is 0.846. The first-order chi connectivity index (χ1) is 19.5. The van der Waals surface area contributed by atoms with Crippen molar-refractivity contribution in [2.45, 2.75) is 213 Å². The number of hydrogen-bond acceptors (Lipinski definition) is 0. The van der Waals surface area contributed by atoms with E-state index in [9.17, 15) is 5.11 Å². The lowest BCUT2D eigenvalue weighted by Gasteiger charge is -2.20. The minimum absolute atomic E-state index is 0.377. The van der Waals surface area contributed by atoms with E-state index in [1.54, 1.807) is 0 Å². The Balaban J connectivity index is 2.68. The standard InChI is InChI=1S/C39H71O/c1-6-9-12-15-18-21-23-26-29-34(4)37-32-36(31-28-25-20-17-14-11-8-3)33-38(39(37)40)35(5)30-27-24-22-19-16-13-10-7-2/h32-35H,6-31H2,1-5H3. The second-order valence-electron chi connectivity index (χ2n) is 13.3. The first-order valence-electron chi connectivity index (χ1n) is 18.4. The summed E-state index contributed by atoms with van der Waals surface area (Å²) in [4.78, 5) is 0. The molecule has 233 valence electrons. The molecule has 0 amide bonds. The van der Waals surface area contributed by atoms with Crippen LogP contribution in [0.15, 0.2) is 12.1 Å². The van der Waals surface area contributed by atoms with Gasteiger partial charge in [0.1, 0.15) is 0 Å². The third-order valence-corrected chi connectivity index (χ3v) is 9.32. The Labute approximate surface area is 252 Å². The van der Waals surface area contributed by atoms with Crippen LogP contribution in [0.25, 0.3) is 0 Å². The molecule has 1 aromatic carbocycles. The normalized spacial score (nSPS) is 13.1. The molecule has 0 fully saturated rings. The summed E-state index contributed by atoms with van der Waals surface area (Å²) in [7, 11) is 0. The van der Waals surface area contributed by atoms with Crippen molar-refractivity contribution in [3.8, 4) is 5.75 Å². The molecule has 0 saturated carbocycles. The molecule has 2 unspecified atom stereocenters. The van der Waals surface area contributed by atoms with Crippen molar-refractivity contribution in [1.82, 2.24) is 0 Å². The molecule has 0 spiro atoms. The maximum Gasteiger partial charge on any atom is 0.185 e. The van der Waals surface area contributed by atoms with Gasteiger partial charge in [0, 0.05) is 11.1 Å². The molecule has 2 atom stereocenters. The second kappa shape index (κ2) is 25.7. The average molecular weight is 556 g/mol. The van der Waals surface area contributed by atoms with Crippen LogP contribution in [0, 0.1) is 0 Å². The molecule has 0 heterocycles. The lowest BCUT2D eigenvalue weighted by Crippen LogP contribution is -2.03. The molecule has 0 aromatic heterocycles. The summed E-state index contributed by atoms with van der Waals surface area (Å²) < 4.78 is 0. The van der Waals surface area contributed by atoms with Gasteiger partial charge in [-0.05, 0) is 43.1 Å². The lowest BCUT2D eigenvalue weighted by molar-refractivity contribution is 0.337. The molecule has 1 aromatic rings. The Hall–Kier alpha value is -0.980. The van der Waals surface area contributed by atoms with Gasteiger partial charge in [-0.3, -0.25) is 5.11 Å². The first kappa shape index (κ1) is 37.0. The van der Waals surface area contributed by atoms with Crippen LogP contribution in [0.4, 0.5) is 0 Å². The van der Waals surface area contributed by atoms with E-state index in [0.717, 1.165) is 30.4 Å². The predicted molar refractivity (Wildman–Crippen MR) is 180 cm³/mol. The molecule has 40 heavy (non-hydrogen) atoms. The van der Waals surface area contributed by atoms with Gasteiger partial charge in [-0.2, -0.15) is 0 Å². The molecule has 0 saturated heterocycles. The molecule has 0 N–H and O–H groups in total. The monoisotopic (exact) mass is 556 g/mol. The molecular weight excluding hydrogens is 484 g/mol. The summed E-state index contributed by atoms with van der Waals surface area (Å²) in [5.41, 5.74) is 3.69. The number of benzene rings is 1. The van der Waals surface area contributed by atoms with Crippen LogP contribution in [-0.4, -0.2) is 0 Å². The van der Waals surface area contributed by atoms with E-state index in [1.165, 1.54) is 153 Å². The van der Waals surface area contributed by atoms with Gasteiger partial charge in [-0.15, -0.1) is 0 Å². The molecule has 1 radical (unpaired) electrons. The van der Waals surface area contributed by atoms with Crippen molar-refractivity contribution in [3.05, 3.63) is 28.8 Å². The summed E-state index contributed by atoms with van der Waals surface area (Å²) in [6, 6.07) is 4.64. The highest BCUT2D eigenvalue weighted by Crippen LogP contribution is 2.39. The predicted octanol–water partition coefficient (Wildman–Crippen LogP) is 14.4. The van der Waals surface area contributed by atoms with E-state index < -0.39 is 0 Å². The Morgan fingerprint density at radius 2 is 0.750 bits per heavy atom. The summed E-state index contributed by atoms with van der Waals surface area (Å²) in [5.74, 6) is 1.15. The van der Waals surface area contributed by atoms with Crippen LogP contribution >= 0.6 is 0 Å². The van der Waals surface area contributed by atoms with Crippen LogP contribution in [0.5, 0.6) is 5.75 Å². The van der Waals surface area contributed by atoms with Crippen molar-refractivity contribution in [1.29, 1.82) is 0 Å². The maximum atomic E-state index is 13.8. The van der Waals surface area contributed by atoms with Crippen LogP contribution in [-0.2, 0) is 11.5 Å². The zero-order valence-electron chi connectivity index (χ0n) is 28.1. The number of hydrogen-bond donors (Lipinski definition) is 0. The van der Waals surface area contributed by atoms with Crippen LogP contribution in [0.1, 0.15) is 224 Å². The van der Waals surface area contributed by atoms with E-state index in [0.29, 0.717) is 17.6 Å².